The Morgan fingerprint density at radius 1 is 1.22 bits per heavy atom. The topological polar surface area (TPSA) is 46.9 Å². The molecule has 1 amide bonds. The second kappa shape index (κ2) is 6.84. The lowest BCUT2D eigenvalue weighted by atomic mass is 10.0. The fourth-order valence-corrected chi connectivity index (χ4v) is 2.77. The maximum absolute atomic E-state index is 12.2. The van der Waals surface area contributed by atoms with Crippen molar-refractivity contribution in [1.29, 1.82) is 0 Å². The number of amides is 1. The summed E-state index contributed by atoms with van der Waals surface area (Å²) in [6, 6.07) is 15.7. The lowest BCUT2D eigenvalue weighted by Crippen LogP contribution is -2.31. The van der Waals surface area contributed by atoms with Crippen molar-refractivity contribution in [2.75, 3.05) is 6.54 Å². The van der Waals surface area contributed by atoms with Crippen molar-refractivity contribution in [3.05, 3.63) is 65.3 Å². The predicted molar refractivity (Wildman–Crippen MR) is 92.6 cm³/mol. The first kappa shape index (κ1) is 15.6. The van der Waals surface area contributed by atoms with Gasteiger partial charge in [0, 0.05) is 11.9 Å². The molecule has 0 aliphatic carbocycles. The number of rotatable bonds is 5. The van der Waals surface area contributed by atoms with Gasteiger partial charge in [0.25, 0.3) is 0 Å². The molecule has 5 heteroatoms. The molecule has 0 bridgehead atoms. The molecule has 1 N–H and O–H groups in total. The van der Waals surface area contributed by atoms with Crippen LogP contribution in [0, 0.1) is 0 Å². The molecule has 0 saturated heterocycles. The van der Waals surface area contributed by atoms with Crippen molar-refractivity contribution in [1.82, 2.24) is 15.1 Å². The highest BCUT2D eigenvalue weighted by molar-refractivity contribution is 6.35. The number of halogens is 1. The van der Waals surface area contributed by atoms with Crippen LogP contribution in [0.5, 0.6) is 0 Å². The zero-order valence-corrected chi connectivity index (χ0v) is 13.6. The molecule has 3 rings (SSSR count). The van der Waals surface area contributed by atoms with E-state index >= 15 is 0 Å². The van der Waals surface area contributed by atoms with E-state index in [2.05, 4.69) is 29.5 Å². The minimum Gasteiger partial charge on any atom is -0.354 e. The van der Waals surface area contributed by atoms with E-state index in [1.165, 1.54) is 5.56 Å². The Balaban J connectivity index is 1.62. The quantitative estimate of drug-likeness (QED) is 0.778. The van der Waals surface area contributed by atoms with Crippen LogP contribution in [0.4, 0.5) is 0 Å². The number of carbonyl (C=O) groups is 1. The second-order valence-corrected chi connectivity index (χ2v) is 6.00. The van der Waals surface area contributed by atoms with Crippen molar-refractivity contribution in [2.45, 2.75) is 19.4 Å². The molecule has 3 aromatic rings. The average Bonchev–Trinajstić information content (AvgIpc) is 2.98. The van der Waals surface area contributed by atoms with Gasteiger partial charge >= 0.3 is 0 Å². The molecular weight excluding hydrogens is 310 g/mol. The van der Waals surface area contributed by atoms with Gasteiger partial charge < -0.3 is 5.32 Å². The third kappa shape index (κ3) is 3.54. The highest BCUT2D eigenvalue weighted by Gasteiger charge is 2.11. The maximum atomic E-state index is 12.2. The van der Waals surface area contributed by atoms with E-state index in [1.807, 2.05) is 36.4 Å². The third-order valence-electron chi connectivity index (χ3n) is 3.90. The van der Waals surface area contributed by atoms with E-state index in [9.17, 15) is 4.79 Å². The van der Waals surface area contributed by atoms with E-state index in [1.54, 1.807) is 10.9 Å². The van der Waals surface area contributed by atoms with Gasteiger partial charge in [0.15, 0.2) is 0 Å². The summed E-state index contributed by atoms with van der Waals surface area (Å²) < 4.78 is 1.67. The van der Waals surface area contributed by atoms with Gasteiger partial charge in [-0.1, -0.05) is 54.9 Å². The number of hydrogen-bond acceptors (Lipinski definition) is 2. The first-order chi connectivity index (χ1) is 11.1. The van der Waals surface area contributed by atoms with Crippen LogP contribution in [-0.4, -0.2) is 22.2 Å². The lowest BCUT2D eigenvalue weighted by Gasteiger charge is -2.13. The Morgan fingerprint density at radius 2 is 2.00 bits per heavy atom. The molecule has 118 valence electrons. The Labute approximate surface area is 140 Å². The smallest absolute Gasteiger partial charge is 0.241 e. The van der Waals surface area contributed by atoms with Crippen LogP contribution in [0.1, 0.15) is 18.4 Å². The SMILES string of the molecule is C[C@@H](CNC(=O)Cn1ncc2c(Cl)cccc21)c1ccccc1. The maximum Gasteiger partial charge on any atom is 0.241 e. The van der Waals surface area contributed by atoms with Gasteiger partial charge in [-0.2, -0.15) is 5.10 Å². The minimum atomic E-state index is -0.0576. The Morgan fingerprint density at radius 3 is 2.78 bits per heavy atom. The van der Waals surface area contributed by atoms with E-state index in [4.69, 9.17) is 11.6 Å². The first-order valence-electron chi connectivity index (χ1n) is 7.57. The number of nitrogens with one attached hydrogen (secondary N) is 1. The van der Waals surface area contributed by atoms with Gasteiger partial charge in [-0.15, -0.1) is 0 Å². The molecule has 1 atom stereocenters. The second-order valence-electron chi connectivity index (χ2n) is 5.59. The van der Waals surface area contributed by atoms with Gasteiger partial charge in [0.2, 0.25) is 5.91 Å². The lowest BCUT2D eigenvalue weighted by molar-refractivity contribution is -0.121. The molecule has 23 heavy (non-hydrogen) atoms. The summed E-state index contributed by atoms with van der Waals surface area (Å²) in [6.07, 6.45) is 1.69. The highest BCUT2D eigenvalue weighted by atomic mass is 35.5. The molecule has 1 heterocycles. The Kier molecular flexibility index (Phi) is 4.63. The van der Waals surface area contributed by atoms with Crippen molar-refractivity contribution in [3.63, 3.8) is 0 Å². The summed E-state index contributed by atoms with van der Waals surface area (Å²) in [5.41, 5.74) is 2.08. The normalized spacial score (nSPS) is 12.3. The van der Waals surface area contributed by atoms with Crippen LogP contribution < -0.4 is 5.32 Å². The fourth-order valence-electron chi connectivity index (χ4n) is 2.55. The van der Waals surface area contributed by atoms with Crippen molar-refractivity contribution >= 4 is 28.4 Å². The number of aromatic nitrogens is 2. The molecule has 0 radical (unpaired) electrons. The molecule has 2 aromatic carbocycles. The Bertz CT molecular complexity index is 814. The van der Waals surface area contributed by atoms with E-state index in [-0.39, 0.29) is 18.4 Å². The van der Waals surface area contributed by atoms with Crippen molar-refractivity contribution in [2.24, 2.45) is 0 Å². The monoisotopic (exact) mass is 327 g/mol. The van der Waals surface area contributed by atoms with Crippen molar-refractivity contribution < 1.29 is 4.79 Å². The Hall–Kier alpha value is -2.33. The number of benzene rings is 2. The molecule has 0 aliphatic rings. The van der Waals surface area contributed by atoms with Crippen LogP contribution in [0.25, 0.3) is 10.9 Å². The van der Waals surface area contributed by atoms with Gasteiger partial charge in [-0.05, 0) is 23.6 Å². The predicted octanol–water partition coefficient (Wildman–Crippen LogP) is 3.61. The number of fused-ring (bicyclic) bond motifs is 1. The molecule has 0 saturated carbocycles. The minimum absolute atomic E-state index is 0.0576. The van der Waals surface area contributed by atoms with E-state index in [0.29, 0.717) is 11.6 Å². The summed E-state index contributed by atoms with van der Waals surface area (Å²) >= 11 is 6.12. The fraction of sp³-hybridized carbons (Fsp3) is 0.222. The van der Waals surface area contributed by atoms with E-state index in [0.717, 1.165) is 10.9 Å². The third-order valence-corrected chi connectivity index (χ3v) is 4.23. The number of hydrogen-bond donors (Lipinski definition) is 1. The molecule has 0 unspecified atom stereocenters. The van der Waals surface area contributed by atoms with Gasteiger partial charge in [0.05, 0.1) is 16.7 Å². The van der Waals surface area contributed by atoms with Crippen LogP contribution >= 0.6 is 11.6 Å². The van der Waals surface area contributed by atoms with E-state index < -0.39 is 0 Å². The summed E-state index contributed by atoms with van der Waals surface area (Å²) in [7, 11) is 0. The highest BCUT2D eigenvalue weighted by Crippen LogP contribution is 2.22. The van der Waals surface area contributed by atoms with Crippen molar-refractivity contribution in [3.8, 4) is 0 Å². The zero-order valence-electron chi connectivity index (χ0n) is 12.9. The zero-order chi connectivity index (χ0) is 16.2. The largest absolute Gasteiger partial charge is 0.354 e. The van der Waals surface area contributed by atoms with Gasteiger partial charge in [0.1, 0.15) is 6.54 Å². The summed E-state index contributed by atoms with van der Waals surface area (Å²) in [6.45, 7) is 2.88. The van der Waals surface area contributed by atoms with Crippen LogP contribution in [0.15, 0.2) is 54.7 Å². The van der Waals surface area contributed by atoms with Gasteiger partial charge in [-0.25, -0.2) is 0 Å². The van der Waals surface area contributed by atoms with Crippen LogP contribution in [-0.2, 0) is 11.3 Å². The number of nitrogens with zero attached hydrogens (tertiary/aromatic N) is 2. The molecule has 0 fully saturated rings. The average molecular weight is 328 g/mol. The summed E-state index contributed by atoms with van der Waals surface area (Å²) in [5, 5.41) is 8.72. The molecule has 1 aromatic heterocycles. The molecule has 0 spiro atoms. The molecule has 4 nitrogen and oxygen atoms in total. The summed E-state index contributed by atoms with van der Waals surface area (Å²) in [5.74, 6) is 0.210. The van der Waals surface area contributed by atoms with Crippen LogP contribution in [0.3, 0.4) is 0 Å². The standard InChI is InChI=1S/C18H18ClN3O/c1-13(14-6-3-2-4-7-14)10-20-18(23)12-22-17-9-5-8-16(19)15(17)11-21-22/h2-9,11,13H,10,12H2,1H3,(H,20,23)/t13-/m0/s1. The summed E-state index contributed by atoms with van der Waals surface area (Å²) in [4.78, 5) is 12.2. The molecule has 0 aliphatic heterocycles. The molecular formula is C18H18ClN3O. The number of carbonyl (C=O) groups excluding carboxylic acids is 1. The van der Waals surface area contributed by atoms with Crippen LogP contribution in [0.2, 0.25) is 5.02 Å². The first-order valence-corrected chi connectivity index (χ1v) is 7.94. The van der Waals surface area contributed by atoms with Gasteiger partial charge in [-0.3, -0.25) is 9.48 Å².